The van der Waals surface area contributed by atoms with E-state index in [0.29, 0.717) is 16.8 Å². The lowest BCUT2D eigenvalue weighted by Crippen LogP contribution is -2.43. The van der Waals surface area contributed by atoms with Crippen molar-refractivity contribution in [2.24, 2.45) is 0 Å². The molecule has 2 N–H and O–H groups in total. The third-order valence-electron chi connectivity index (χ3n) is 4.73. The van der Waals surface area contributed by atoms with Crippen molar-refractivity contribution in [3.05, 3.63) is 47.8 Å². The van der Waals surface area contributed by atoms with Crippen LogP contribution in [-0.2, 0) is 0 Å². The van der Waals surface area contributed by atoms with Crippen molar-refractivity contribution in [2.45, 2.75) is 18.9 Å². The van der Waals surface area contributed by atoms with Crippen molar-refractivity contribution < 1.29 is 9.59 Å². The number of benzene rings is 1. The lowest BCUT2D eigenvalue weighted by molar-refractivity contribution is 0.0703. The van der Waals surface area contributed by atoms with E-state index in [9.17, 15) is 9.59 Å². The molecule has 25 heavy (non-hydrogen) atoms. The van der Waals surface area contributed by atoms with Crippen LogP contribution in [0.4, 0.5) is 5.69 Å². The van der Waals surface area contributed by atoms with Gasteiger partial charge in [-0.1, -0.05) is 0 Å². The summed E-state index contributed by atoms with van der Waals surface area (Å²) in [6, 6.07) is 7.10. The molecule has 1 aromatic heterocycles. The van der Waals surface area contributed by atoms with Crippen LogP contribution in [-0.4, -0.2) is 60.1 Å². The van der Waals surface area contributed by atoms with E-state index in [-0.39, 0.29) is 17.9 Å². The highest BCUT2D eigenvalue weighted by molar-refractivity contribution is 6.06. The van der Waals surface area contributed by atoms with Crippen molar-refractivity contribution in [3.8, 4) is 0 Å². The number of nitrogens with zero attached hydrogens (tertiary/aromatic N) is 3. The number of carbonyl (C=O) groups excluding carboxylic acids is 2. The van der Waals surface area contributed by atoms with Crippen LogP contribution in [0.5, 0.6) is 0 Å². The monoisotopic (exact) mass is 341 g/mol. The zero-order valence-corrected chi connectivity index (χ0v) is 14.5. The Kier molecular flexibility index (Phi) is 5.14. The molecule has 2 amide bonds. The Bertz CT molecular complexity index is 720. The zero-order valence-electron chi connectivity index (χ0n) is 14.5. The topological polar surface area (TPSA) is 81.3 Å². The molecule has 3 rings (SSSR count). The fourth-order valence-corrected chi connectivity index (χ4v) is 3.06. The smallest absolute Gasteiger partial charge is 0.258 e. The molecule has 0 unspecified atom stereocenters. The van der Waals surface area contributed by atoms with E-state index in [4.69, 9.17) is 0 Å². The summed E-state index contributed by atoms with van der Waals surface area (Å²) >= 11 is 0. The first-order valence-corrected chi connectivity index (χ1v) is 8.42. The maximum absolute atomic E-state index is 12.6. The first-order chi connectivity index (χ1) is 12.1. The predicted octanol–water partition coefficient (Wildman–Crippen LogP) is 1.51. The summed E-state index contributed by atoms with van der Waals surface area (Å²) in [6.45, 7) is 1.88. The summed E-state index contributed by atoms with van der Waals surface area (Å²) in [7, 11) is 3.54. The molecule has 0 radical (unpaired) electrons. The number of rotatable bonds is 4. The average molecular weight is 341 g/mol. The molecule has 7 heteroatoms. The minimum atomic E-state index is -0.146. The molecular formula is C18H23N5O2. The summed E-state index contributed by atoms with van der Waals surface area (Å²) < 4.78 is 0. The van der Waals surface area contributed by atoms with Gasteiger partial charge in [0.05, 0.1) is 11.9 Å². The lowest BCUT2D eigenvalue weighted by atomic mass is 10.0. The van der Waals surface area contributed by atoms with Gasteiger partial charge in [-0.3, -0.25) is 14.7 Å². The summed E-state index contributed by atoms with van der Waals surface area (Å²) in [6.07, 6.45) is 5.18. The Labute approximate surface area is 147 Å². The largest absolute Gasteiger partial charge is 0.339 e. The number of carbonyl (C=O) groups is 2. The van der Waals surface area contributed by atoms with Crippen LogP contribution in [0.1, 0.15) is 33.6 Å². The summed E-state index contributed by atoms with van der Waals surface area (Å²) in [4.78, 5) is 28.5. The second kappa shape index (κ2) is 7.48. The summed E-state index contributed by atoms with van der Waals surface area (Å²) in [5.41, 5.74) is 1.82. The Morgan fingerprint density at radius 3 is 2.20 bits per heavy atom. The predicted molar refractivity (Wildman–Crippen MR) is 95.7 cm³/mol. The summed E-state index contributed by atoms with van der Waals surface area (Å²) in [5.74, 6) is -0.152. The number of anilines is 1. The van der Waals surface area contributed by atoms with E-state index in [1.807, 2.05) is 11.9 Å². The average Bonchev–Trinajstić information content (AvgIpc) is 3.21. The molecular weight excluding hydrogens is 318 g/mol. The van der Waals surface area contributed by atoms with E-state index in [2.05, 4.69) is 15.5 Å². The van der Waals surface area contributed by atoms with E-state index >= 15 is 0 Å². The van der Waals surface area contributed by atoms with Crippen LogP contribution in [0.2, 0.25) is 0 Å². The quantitative estimate of drug-likeness (QED) is 0.883. The van der Waals surface area contributed by atoms with Crippen LogP contribution in [0.15, 0.2) is 36.7 Å². The molecule has 1 aliphatic heterocycles. The second-order valence-electron chi connectivity index (χ2n) is 6.30. The number of amides is 2. The van der Waals surface area contributed by atoms with Crippen LogP contribution in [0.3, 0.4) is 0 Å². The number of nitrogens with one attached hydrogen (secondary N) is 2. The molecule has 1 fully saturated rings. The summed E-state index contributed by atoms with van der Waals surface area (Å²) in [5, 5.41) is 9.84. The molecule has 0 saturated carbocycles. The van der Waals surface area contributed by atoms with Crippen molar-refractivity contribution in [2.75, 3.05) is 32.1 Å². The third kappa shape index (κ3) is 3.71. The Hall–Kier alpha value is -2.67. The van der Waals surface area contributed by atoms with Crippen molar-refractivity contribution >= 4 is 17.5 Å². The molecule has 0 atom stereocenters. The number of hydrogen-bond acceptors (Lipinski definition) is 4. The lowest BCUT2D eigenvalue weighted by Gasteiger charge is -2.31. The minimum Gasteiger partial charge on any atom is -0.339 e. The maximum atomic E-state index is 12.6. The van der Waals surface area contributed by atoms with E-state index in [1.54, 1.807) is 43.7 Å². The van der Waals surface area contributed by atoms with Gasteiger partial charge in [0.2, 0.25) is 0 Å². The molecule has 7 nitrogen and oxygen atoms in total. The molecule has 1 saturated heterocycles. The SMILES string of the molecule is CN(C(=O)c1ccc(C(=O)N(C)C2CCNCC2)cc1)c1cn[nH]c1. The Balaban J connectivity index is 1.69. The number of hydrogen-bond donors (Lipinski definition) is 2. The minimum absolute atomic E-state index is 0.00547. The molecule has 2 heterocycles. The van der Waals surface area contributed by atoms with Gasteiger partial charge in [-0.2, -0.15) is 5.10 Å². The highest BCUT2D eigenvalue weighted by Gasteiger charge is 2.23. The van der Waals surface area contributed by atoms with Gasteiger partial charge in [0.15, 0.2) is 0 Å². The van der Waals surface area contributed by atoms with Crippen LogP contribution < -0.4 is 10.2 Å². The number of aromatic nitrogens is 2. The van der Waals surface area contributed by atoms with E-state index in [1.165, 1.54) is 4.90 Å². The fourth-order valence-electron chi connectivity index (χ4n) is 3.06. The maximum Gasteiger partial charge on any atom is 0.258 e. The van der Waals surface area contributed by atoms with E-state index in [0.717, 1.165) is 25.9 Å². The molecule has 132 valence electrons. The van der Waals surface area contributed by atoms with Crippen LogP contribution in [0.25, 0.3) is 0 Å². The highest BCUT2D eigenvalue weighted by atomic mass is 16.2. The molecule has 0 bridgehead atoms. The van der Waals surface area contributed by atoms with Gasteiger partial charge in [0, 0.05) is 37.5 Å². The molecule has 0 aliphatic carbocycles. The van der Waals surface area contributed by atoms with Crippen molar-refractivity contribution in [3.63, 3.8) is 0 Å². The van der Waals surface area contributed by atoms with Gasteiger partial charge in [0.1, 0.15) is 0 Å². The van der Waals surface area contributed by atoms with Gasteiger partial charge < -0.3 is 15.1 Å². The molecule has 1 aliphatic rings. The number of H-pyrrole nitrogens is 1. The zero-order chi connectivity index (χ0) is 17.8. The molecule has 1 aromatic carbocycles. The van der Waals surface area contributed by atoms with Gasteiger partial charge in [-0.05, 0) is 50.2 Å². The van der Waals surface area contributed by atoms with Gasteiger partial charge in [-0.15, -0.1) is 0 Å². The number of piperidine rings is 1. The fraction of sp³-hybridized carbons (Fsp3) is 0.389. The van der Waals surface area contributed by atoms with E-state index < -0.39 is 0 Å². The van der Waals surface area contributed by atoms with Crippen molar-refractivity contribution in [1.29, 1.82) is 0 Å². The Morgan fingerprint density at radius 2 is 1.64 bits per heavy atom. The first-order valence-electron chi connectivity index (χ1n) is 8.42. The second-order valence-corrected chi connectivity index (χ2v) is 6.30. The highest BCUT2D eigenvalue weighted by Crippen LogP contribution is 2.16. The van der Waals surface area contributed by atoms with Gasteiger partial charge in [-0.25, -0.2) is 0 Å². The van der Waals surface area contributed by atoms with Crippen LogP contribution >= 0.6 is 0 Å². The number of aromatic amines is 1. The van der Waals surface area contributed by atoms with Gasteiger partial charge in [0.25, 0.3) is 11.8 Å². The standard InChI is InChI=1S/C18H23N5O2/c1-22(15-7-9-19-10-8-15)17(24)13-3-5-14(6-4-13)18(25)23(2)16-11-20-21-12-16/h3-6,11-12,15,19H,7-10H2,1-2H3,(H,20,21). The third-order valence-corrected chi connectivity index (χ3v) is 4.73. The van der Waals surface area contributed by atoms with Crippen LogP contribution in [0, 0.1) is 0 Å². The first kappa shape index (κ1) is 17.2. The molecule has 0 spiro atoms. The normalized spacial score (nSPS) is 15.0. The van der Waals surface area contributed by atoms with Crippen molar-refractivity contribution in [1.82, 2.24) is 20.4 Å². The van der Waals surface area contributed by atoms with Gasteiger partial charge >= 0.3 is 0 Å². The molecule has 2 aromatic rings. The Morgan fingerprint density at radius 1 is 1.04 bits per heavy atom.